The predicted octanol–water partition coefficient (Wildman–Crippen LogP) is 6.52. The molecule has 12 heteroatoms. The van der Waals surface area contributed by atoms with Gasteiger partial charge in [0.25, 0.3) is 10.1 Å². The van der Waals surface area contributed by atoms with Gasteiger partial charge in [0.05, 0.1) is 25.6 Å². The van der Waals surface area contributed by atoms with Crippen LogP contribution >= 0.6 is 31.9 Å². The molecule has 0 aliphatic heterocycles. The second-order valence-corrected chi connectivity index (χ2v) is 12.8. The first-order chi connectivity index (χ1) is 16.3. The average molecular weight is 646 g/mol. The van der Waals surface area contributed by atoms with Crippen molar-refractivity contribution < 1.29 is 39.6 Å². The van der Waals surface area contributed by atoms with Crippen LogP contribution in [-0.4, -0.2) is 34.0 Å². The first kappa shape index (κ1) is 26.7. The third-order valence-electron chi connectivity index (χ3n) is 6.39. The third kappa shape index (κ3) is 6.50. The molecule has 2 aliphatic carbocycles. The number of halogens is 6. The van der Waals surface area contributed by atoms with Crippen molar-refractivity contribution >= 4 is 42.0 Å². The molecule has 1 unspecified atom stereocenters. The number of hydrogen-bond acceptors (Lipinski definition) is 5. The Labute approximate surface area is 217 Å². The molecule has 2 aromatic rings. The van der Waals surface area contributed by atoms with Gasteiger partial charge in [-0.25, -0.2) is 17.6 Å². The summed E-state index contributed by atoms with van der Waals surface area (Å²) in [6.45, 7) is -0.200. The molecular formula is C23H22Br2F4O5S. The van der Waals surface area contributed by atoms with Crippen LogP contribution in [0.15, 0.2) is 33.2 Å². The van der Waals surface area contributed by atoms with Crippen LogP contribution in [0.1, 0.15) is 32.1 Å². The topological polar surface area (TPSA) is 61.8 Å². The highest BCUT2D eigenvalue weighted by molar-refractivity contribution is 9.10. The summed E-state index contributed by atoms with van der Waals surface area (Å²) in [6, 6.07) is 4.31. The minimum atomic E-state index is -3.88. The maximum absolute atomic E-state index is 14.2. The van der Waals surface area contributed by atoms with E-state index >= 15 is 0 Å². The van der Waals surface area contributed by atoms with Crippen molar-refractivity contribution in [2.75, 3.05) is 19.5 Å². The van der Waals surface area contributed by atoms with Gasteiger partial charge in [-0.3, -0.25) is 4.18 Å². The Bertz CT molecular complexity index is 1190. The second kappa shape index (κ2) is 9.83. The maximum atomic E-state index is 14.2. The van der Waals surface area contributed by atoms with Crippen LogP contribution in [0, 0.1) is 34.1 Å². The van der Waals surface area contributed by atoms with Crippen molar-refractivity contribution in [2.24, 2.45) is 10.8 Å². The quantitative estimate of drug-likeness (QED) is 0.206. The van der Waals surface area contributed by atoms with E-state index < -0.39 is 61.8 Å². The molecule has 2 aliphatic rings. The Hall–Kier alpha value is -1.37. The lowest BCUT2D eigenvalue weighted by Crippen LogP contribution is -2.36. The Kier molecular flexibility index (Phi) is 7.49. The van der Waals surface area contributed by atoms with E-state index in [1.807, 2.05) is 0 Å². The Balaban J connectivity index is 1.49. The highest BCUT2D eigenvalue weighted by atomic mass is 79.9. The van der Waals surface area contributed by atoms with E-state index in [0.29, 0.717) is 25.7 Å². The fraction of sp³-hybridized carbons (Fsp3) is 0.478. The number of ether oxygens (including phenoxy) is 2. The molecule has 0 heterocycles. The molecular weight excluding hydrogens is 624 g/mol. The van der Waals surface area contributed by atoms with Gasteiger partial charge in [-0.1, -0.05) is 31.9 Å². The highest BCUT2D eigenvalue weighted by Crippen LogP contribution is 2.58. The van der Waals surface area contributed by atoms with Crippen LogP contribution in [0.2, 0.25) is 0 Å². The van der Waals surface area contributed by atoms with Gasteiger partial charge in [0.1, 0.15) is 0 Å². The molecule has 0 spiro atoms. The summed E-state index contributed by atoms with van der Waals surface area (Å²) < 4.78 is 97.6. The van der Waals surface area contributed by atoms with Crippen molar-refractivity contribution in [3.8, 4) is 11.5 Å². The smallest absolute Gasteiger partial charge is 0.264 e. The van der Waals surface area contributed by atoms with Crippen LogP contribution in [0.4, 0.5) is 17.6 Å². The van der Waals surface area contributed by atoms with Crippen LogP contribution in [0.25, 0.3) is 0 Å². The molecule has 35 heavy (non-hydrogen) atoms. The summed E-state index contributed by atoms with van der Waals surface area (Å²) in [4.78, 5) is 0. The normalized spacial score (nSPS) is 18.7. The maximum Gasteiger partial charge on any atom is 0.264 e. The lowest BCUT2D eigenvalue weighted by atomic mass is 9.89. The van der Waals surface area contributed by atoms with E-state index in [9.17, 15) is 26.0 Å². The van der Waals surface area contributed by atoms with Crippen molar-refractivity contribution in [3.05, 3.63) is 56.5 Å². The van der Waals surface area contributed by atoms with Gasteiger partial charge in [-0.05, 0) is 56.4 Å². The number of rotatable bonds is 11. The Morgan fingerprint density at radius 3 is 1.63 bits per heavy atom. The van der Waals surface area contributed by atoms with Gasteiger partial charge in [-0.15, -0.1) is 0 Å². The van der Waals surface area contributed by atoms with Gasteiger partial charge in [0.15, 0.2) is 34.8 Å². The minimum absolute atomic E-state index is 0.0427. The largest absolute Gasteiger partial charge is 0.487 e. The molecule has 5 nitrogen and oxygen atoms in total. The van der Waals surface area contributed by atoms with E-state index in [1.165, 1.54) is 0 Å². The van der Waals surface area contributed by atoms with Gasteiger partial charge >= 0.3 is 0 Å². The van der Waals surface area contributed by atoms with E-state index in [0.717, 1.165) is 30.5 Å². The van der Waals surface area contributed by atoms with Crippen molar-refractivity contribution in [1.29, 1.82) is 0 Å². The summed E-state index contributed by atoms with van der Waals surface area (Å²) in [6.07, 6.45) is 2.62. The highest BCUT2D eigenvalue weighted by Gasteiger charge is 2.57. The van der Waals surface area contributed by atoms with E-state index in [2.05, 4.69) is 31.9 Å². The zero-order valence-electron chi connectivity index (χ0n) is 18.6. The molecule has 192 valence electrons. The Morgan fingerprint density at radius 2 is 1.26 bits per heavy atom. The average Bonchev–Trinajstić information content (AvgIpc) is 3.62. The summed E-state index contributed by atoms with van der Waals surface area (Å²) in [7, 11) is -3.88. The van der Waals surface area contributed by atoms with Crippen molar-refractivity contribution in [1.82, 2.24) is 0 Å². The van der Waals surface area contributed by atoms with Gasteiger partial charge in [0, 0.05) is 19.8 Å². The summed E-state index contributed by atoms with van der Waals surface area (Å²) in [5.74, 6) is -4.56. The summed E-state index contributed by atoms with van der Waals surface area (Å²) >= 11 is 6.02. The molecule has 0 amide bonds. The van der Waals surface area contributed by atoms with Crippen LogP contribution in [-0.2, 0) is 14.3 Å². The van der Waals surface area contributed by atoms with Gasteiger partial charge < -0.3 is 9.47 Å². The molecule has 0 radical (unpaired) electrons. The first-order valence-electron chi connectivity index (χ1n) is 10.7. The fourth-order valence-electron chi connectivity index (χ4n) is 4.04. The Morgan fingerprint density at radius 1 is 0.829 bits per heavy atom. The molecule has 0 saturated heterocycles. The fourth-order valence-corrected chi connectivity index (χ4v) is 5.53. The zero-order valence-corrected chi connectivity index (χ0v) is 22.5. The lowest BCUT2D eigenvalue weighted by Gasteiger charge is -2.30. The lowest BCUT2D eigenvalue weighted by molar-refractivity contribution is 0.0485. The van der Waals surface area contributed by atoms with Gasteiger partial charge in [-0.2, -0.15) is 8.42 Å². The second-order valence-electron chi connectivity index (χ2n) is 9.33. The molecule has 0 N–H and O–H groups in total. The molecule has 2 aromatic carbocycles. The zero-order chi connectivity index (χ0) is 25.6. The third-order valence-corrected chi connectivity index (χ3v) is 7.89. The van der Waals surface area contributed by atoms with E-state index in [1.54, 1.807) is 0 Å². The number of hydrogen-bond donors (Lipinski definition) is 0. The van der Waals surface area contributed by atoms with Crippen LogP contribution in [0.5, 0.6) is 11.5 Å². The van der Waals surface area contributed by atoms with Crippen LogP contribution < -0.4 is 9.47 Å². The molecule has 2 fully saturated rings. The number of benzene rings is 2. The molecule has 0 bridgehead atoms. The monoisotopic (exact) mass is 644 g/mol. The van der Waals surface area contributed by atoms with Crippen molar-refractivity contribution in [3.63, 3.8) is 0 Å². The molecule has 4 rings (SSSR count). The van der Waals surface area contributed by atoms with Crippen LogP contribution in [0.3, 0.4) is 0 Å². The van der Waals surface area contributed by atoms with E-state index in [4.69, 9.17) is 13.7 Å². The SMILES string of the molecule is CS(=O)(=O)OC(CC1(COc2c(F)cc(Br)cc2F)CC1)C1(COc2c(F)cc(Br)cc2F)CC1. The molecule has 2 saturated carbocycles. The predicted molar refractivity (Wildman–Crippen MR) is 127 cm³/mol. The summed E-state index contributed by atoms with van der Waals surface area (Å²) in [5, 5.41) is 0. The molecule has 0 aromatic heterocycles. The first-order valence-corrected chi connectivity index (χ1v) is 14.1. The van der Waals surface area contributed by atoms with Crippen molar-refractivity contribution in [2.45, 2.75) is 38.2 Å². The summed E-state index contributed by atoms with van der Waals surface area (Å²) in [5.41, 5.74) is -1.33. The molecule has 1 atom stereocenters. The van der Waals surface area contributed by atoms with Gasteiger partial charge in [0.2, 0.25) is 0 Å². The minimum Gasteiger partial charge on any atom is -0.487 e. The van der Waals surface area contributed by atoms with E-state index in [-0.39, 0.29) is 28.6 Å². The standard InChI is InChI=1S/C23H22Br2F4O5S/c1-35(30,31)34-19(23(4-5-23)12-33-21-17(28)8-14(25)9-18(21)29)10-22(2-3-22)11-32-20-15(26)6-13(24)7-16(20)27/h6-9,19H,2-5,10-12H2,1H3.